The summed E-state index contributed by atoms with van der Waals surface area (Å²) in [5.41, 5.74) is 6.58. The molecular weight excluding hydrogens is 502 g/mol. The fourth-order valence-electron chi connectivity index (χ4n) is 4.92. The molecule has 1 aliphatic rings. The highest BCUT2D eigenvalue weighted by Crippen LogP contribution is 2.38. The quantitative estimate of drug-likeness (QED) is 0.293. The minimum Gasteiger partial charge on any atom is -0.497 e. The van der Waals surface area contributed by atoms with E-state index in [1.165, 1.54) is 0 Å². The lowest BCUT2D eigenvalue weighted by Gasteiger charge is -2.30. The number of benzene rings is 1. The van der Waals surface area contributed by atoms with Gasteiger partial charge in [-0.2, -0.15) is 5.10 Å². The maximum absolute atomic E-state index is 8.69. The Labute approximate surface area is 235 Å². The van der Waals surface area contributed by atoms with Gasteiger partial charge in [-0.25, -0.2) is 9.97 Å². The number of nitrogens with zero attached hydrogens (tertiary/aromatic N) is 5. The van der Waals surface area contributed by atoms with E-state index >= 15 is 0 Å². The summed E-state index contributed by atoms with van der Waals surface area (Å²) >= 11 is 0. The van der Waals surface area contributed by atoms with Gasteiger partial charge < -0.3 is 25.1 Å². The third-order valence-corrected chi connectivity index (χ3v) is 6.87. The van der Waals surface area contributed by atoms with Crippen molar-refractivity contribution in [1.29, 1.82) is 5.41 Å². The van der Waals surface area contributed by atoms with E-state index in [0.717, 1.165) is 59.0 Å². The lowest BCUT2D eigenvalue weighted by Crippen LogP contribution is -2.27. The molecule has 0 atom stereocenters. The first-order valence-corrected chi connectivity index (χ1v) is 13.8. The van der Waals surface area contributed by atoms with Crippen molar-refractivity contribution in [3.8, 4) is 22.9 Å². The molecule has 208 valence electrons. The Bertz CT molecular complexity index is 1460. The summed E-state index contributed by atoms with van der Waals surface area (Å²) < 4.78 is 13.6. The van der Waals surface area contributed by atoms with Gasteiger partial charge >= 0.3 is 0 Å². The molecule has 0 aliphatic carbocycles. The molecule has 9 nitrogen and oxygen atoms in total. The molecule has 1 aromatic carbocycles. The predicted molar refractivity (Wildman–Crippen MR) is 159 cm³/mol. The van der Waals surface area contributed by atoms with Crippen molar-refractivity contribution in [2.75, 3.05) is 23.9 Å². The number of ether oxygens (including phenoxy) is 2. The van der Waals surface area contributed by atoms with Crippen LogP contribution in [0.5, 0.6) is 11.6 Å². The average Bonchev–Trinajstić information content (AvgIpc) is 3.39. The van der Waals surface area contributed by atoms with Gasteiger partial charge in [0, 0.05) is 31.5 Å². The van der Waals surface area contributed by atoms with Crippen molar-refractivity contribution in [3.63, 3.8) is 0 Å². The Morgan fingerprint density at radius 1 is 1.12 bits per heavy atom. The van der Waals surface area contributed by atoms with Crippen LogP contribution in [0.3, 0.4) is 0 Å². The molecule has 5 rings (SSSR count). The first kappa shape index (κ1) is 27.2. The van der Waals surface area contributed by atoms with Crippen LogP contribution in [0.25, 0.3) is 11.3 Å². The second kappa shape index (κ2) is 12.2. The molecule has 2 N–H and O–H groups in total. The minimum absolute atomic E-state index is 0.140. The van der Waals surface area contributed by atoms with Crippen LogP contribution in [0.2, 0.25) is 0 Å². The smallest absolute Gasteiger partial charge is 0.222 e. The molecule has 3 aromatic heterocycles. The number of hydrogen-bond donors (Lipinski definition) is 2. The zero-order valence-electron chi connectivity index (χ0n) is 23.6. The zero-order chi connectivity index (χ0) is 28.1. The van der Waals surface area contributed by atoms with E-state index in [2.05, 4.69) is 63.1 Å². The highest BCUT2D eigenvalue weighted by molar-refractivity contribution is 6.03. The topological polar surface area (TPSA) is 101 Å². The molecule has 4 aromatic rings. The van der Waals surface area contributed by atoms with Crippen molar-refractivity contribution >= 4 is 17.1 Å². The van der Waals surface area contributed by atoms with E-state index in [-0.39, 0.29) is 6.04 Å². The van der Waals surface area contributed by atoms with Crippen LogP contribution in [-0.2, 0) is 19.6 Å². The van der Waals surface area contributed by atoms with Gasteiger partial charge in [0.25, 0.3) is 0 Å². The first-order valence-electron chi connectivity index (χ1n) is 13.8. The highest BCUT2D eigenvalue weighted by atomic mass is 16.5. The molecule has 1 aliphatic heterocycles. The summed E-state index contributed by atoms with van der Waals surface area (Å²) in [5, 5.41) is 16.9. The van der Waals surface area contributed by atoms with Gasteiger partial charge in [0.05, 0.1) is 54.3 Å². The number of rotatable bonds is 6. The van der Waals surface area contributed by atoms with Gasteiger partial charge in [0.1, 0.15) is 11.4 Å². The SMILES string of the molecule is COc1ccc(CN2Cc3ccnn3CCCCOc3ncccc3-c3cc2c(NC(C)C)c(C(C)=N)n3)cc1. The molecule has 0 unspecified atom stereocenters. The largest absolute Gasteiger partial charge is 0.497 e. The number of anilines is 2. The van der Waals surface area contributed by atoms with Gasteiger partial charge in [0.15, 0.2) is 0 Å². The Kier molecular flexibility index (Phi) is 8.28. The molecule has 0 saturated carbocycles. The zero-order valence-corrected chi connectivity index (χ0v) is 23.6. The van der Waals surface area contributed by atoms with Crippen LogP contribution in [0.4, 0.5) is 11.4 Å². The number of hydrogen-bond acceptors (Lipinski definition) is 8. The molecule has 0 spiro atoms. The Hall–Kier alpha value is -4.40. The number of fused-ring (bicyclic) bond motifs is 5. The van der Waals surface area contributed by atoms with Crippen LogP contribution in [0.1, 0.15) is 50.6 Å². The van der Waals surface area contributed by atoms with Gasteiger partial charge in [0.2, 0.25) is 5.88 Å². The molecular formula is C31H37N7O2. The summed E-state index contributed by atoms with van der Waals surface area (Å²) in [6.07, 6.45) is 5.43. The molecule has 0 amide bonds. The van der Waals surface area contributed by atoms with Crippen molar-refractivity contribution in [3.05, 3.63) is 77.9 Å². The first-order chi connectivity index (χ1) is 19.4. The summed E-state index contributed by atoms with van der Waals surface area (Å²) in [5.74, 6) is 1.37. The van der Waals surface area contributed by atoms with E-state index < -0.39 is 0 Å². The number of nitrogens with one attached hydrogen (secondary N) is 2. The summed E-state index contributed by atoms with van der Waals surface area (Å²) in [4.78, 5) is 11.9. The molecule has 4 heterocycles. The molecule has 0 radical (unpaired) electrons. The van der Waals surface area contributed by atoms with E-state index in [0.29, 0.717) is 37.0 Å². The van der Waals surface area contributed by atoms with Crippen LogP contribution in [0, 0.1) is 5.41 Å². The van der Waals surface area contributed by atoms with E-state index in [9.17, 15) is 0 Å². The number of aromatic nitrogens is 4. The van der Waals surface area contributed by atoms with Crippen LogP contribution >= 0.6 is 0 Å². The maximum Gasteiger partial charge on any atom is 0.222 e. The van der Waals surface area contributed by atoms with Gasteiger partial charge in [-0.3, -0.25) is 4.68 Å². The molecule has 9 heteroatoms. The standard InChI is InChI=1S/C31H37N7O2/c1-21(2)35-30-28-18-27(36-29(30)22(3)32)26-8-7-14-33-31(26)40-17-6-5-16-38-24(13-15-34-38)20-37(28)19-23-9-11-25(39-4)12-10-23/h7-15,18,21,32,35H,5-6,16-17,19-20H2,1-4H3. The molecule has 40 heavy (non-hydrogen) atoms. The monoisotopic (exact) mass is 539 g/mol. The van der Waals surface area contributed by atoms with Crippen LogP contribution < -0.4 is 19.7 Å². The van der Waals surface area contributed by atoms with E-state index in [1.54, 1.807) is 20.2 Å². The van der Waals surface area contributed by atoms with Crippen LogP contribution in [-0.4, -0.2) is 45.2 Å². The fraction of sp³-hybridized carbons (Fsp3) is 0.355. The fourth-order valence-corrected chi connectivity index (χ4v) is 4.92. The summed E-state index contributed by atoms with van der Waals surface area (Å²) in [7, 11) is 1.68. The number of aryl methyl sites for hydroxylation is 1. The maximum atomic E-state index is 8.69. The normalized spacial score (nSPS) is 13.6. The highest BCUT2D eigenvalue weighted by Gasteiger charge is 2.24. The molecule has 2 bridgehead atoms. The Morgan fingerprint density at radius 3 is 2.70 bits per heavy atom. The predicted octanol–water partition coefficient (Wildman–Crippen LogP) is 5.94. The van der Waals surface area contributed by atoms with Crippen molar-refractivity contribution in [2.45, 2.75) is 59.3 Å². The Balaban J connectivity index is 1.73. The van der Waals surface area contributed by atoms with Crippen LogP contribution in [0.15, 0.2) is 60.9 Å². The molecule has 0 saturated heterocycles. The summed E-state index contributed by atoms with van der Waals surface area (Å²) in [6.45, 7) is 8.61. The third kappa shape index (κ3) is 6.09. The van der Waals surface area contributed by atoms with Gasteiger partial charge in [-0.05, 0) is 75.6 Å². The number of pyridine rings is 2. The van der Waals surface area contributed by atoms with E-state index in [4.69, 9.17) is 19.9 Å². The van der Waals surface area contributed by atoms with Crippen molar-refractivity contribution in [2.24, 2.45) is 0 Å². The molecule has 0 fully saturated rings. The summed E-state index contributed by atoms with van der Waals surface area (Å²) in [6, 6.07) is 16.4. The third-order valence-electron chi connectivity index (χ3n) is 6.87. The average molecular weight is 540 g/mol. The van der Waals surface area contributed by atoms with Crippen molar-refractivity contribution < 1.29 is 9.47 Å². The van der Waals surface area contributed by atoms with E-state index in [1.807, 2.05) is 30.5 Å². The lowest BCUT2D eigenvalue weighted by atomic mass is 10.1. The number of methoxy groups -OCH3 is 1. The second-order valence-corrected chi connectivity index (χ2v) is 10.3. The van der Waals surface area contributed by atoms with Crippen molar-refractivity contribution in [1.82, 2.24) is 19.7 Å². The second-order valence-electron chi connectivity index (χ2n) is 10.3. The van der Waals surface area contributed by atoms with Gasteiger partial charge in [-0.1, -0.05) is 12.1 Å². The lowest BCUT2D eigenvalue weighted by molar-refractivity contribution is 0.292. The van der Waals surface area contributed by atoms with Gasteiger partial charge in [-0.15, -0.1) is 0 Å². The minimum atomic E-state index is 0.140. The Morgan fingerprint density at radius 2 is 1.95 bits per heavy atom.